The van der Waals surface area contributed by atoms with Crippen LogP contribution in [0, 0.1) is 46.3 Å². The standard InChI is InChI=1S/C19H28NO.Zn/c1-6-7-8-18-13-11-14-12(13)16(18)19(14,15(11)18)17(21)20(9(2)3)10(4)5;/h9-11,13-16H,6-8H2,1-5H3;/q-1;/i13D;. The molecule has 0 aliphatic heterocycles. The number of unbranched alkanes of at least 4 members (excludes halogenated alkanes) is 1. The predicted octanol–water partition coefficient (Wildman–Crippen LogP) is 3.52. The summed E-state index contributed by atoms with van der Waals surface area (Å²) in [6.07, 6.45) is 3.65. The van der Waals surface area contributed by atoms with Crippen LogP contribution < -0.4 is 0 Å². The fourth-order valence-electron chi connectivity index (χ4n) is 7.61. The van der Waals surface area contributed by atoms with Gasteiger partial charge in [0, 0.05) is 37.0 Å². The summed E-state index contributed by atoms with van der Waals surface area (Å²) in [6.45, 7) is 10.8. The molecule has 6 saturated carbocycles. The smallest absolute Gasteiger partial charge is 0.224 e. The maximum absolute atomic E-state index is 13.4. The van der Waals surface area contributed by atoms with Crippen LogP contribution in [-0.4, -0.2) is 22.9 Å². The van der Waals surface area contributed by atoms with Gasteiger partial charge in [0.1, 0.15) is 0 Å². The van der Waals surface area contributed by atoms with Crippen LogP contribution in [-0.2, 0) is 24.3 Å². The predicted molar refractivity (Wildman–Crippen MR) is 82.2 cm³/mol. The van der Waals surface area contributed by atoms with E-state index in [2.05, 4.69) is 39.5 Å². The Labute approximate surface area is 148 Å². The van der Waals surface area contributed by atoms with Crippen molar-refractivity contribution in [1.29, 1.82) is 0 Å². The number of nitrogens with zero attached hydrogens (tertiary/aromatic N) is 1. The van der Waals surface area contributed by atoms with Gasteiger partial charge in [-0.3, -0.25) is 4.79 Å². The van der Waals surface area contributed by atoms with Crippen molar-refractivity contribution in [3.05, 3.63) is 5.92 Å². The van der Waals surface area contributed by atoms with Crippen LogP contribution in [0.5, 0.6) is 0 Å². The molecule has 6 aliphatic rings. The molecule has 2 nitrogen and oxygen atoms in total. The molecule has 1 amide bonds. The second-order valence-corrected chi connectivity index (χ2v) is 8.76. The molecule has 7 atom stereocenters. The van der Waals surface area contributed by atoms with E-state index in [1.165, 1.54) is 25.2 Å². The van der Waals surface area contributed by atoms with Crippen LogP contribution in [0.1, 0.15) is 55.3 Å². The Hall–Kier alpha value is 0.0934. The first kappa shape index (κ1) is 14.4. The Bertz CT molecular complexity index is 560. The van der Waals surface area contributed by atoms with Crippen molar-refractivity contribution in [2.45, 2.75) is 66.0 Å². The van der Waals surface area contributed by atoms with Gasteiger partial charge in [-0.05, 0) is 35.0 Å². The van der Waals surface area contributed by atoms with E-state index in [0.29, 0.717) is 29.6 Å². The van der Waals surface area contributed by atoms with Crippen LogP contribution in [0.4, 0.5) is 0 Å². The van der Waals surface area contributed by atoms with E-state index in [-0.39, 0.29) is 48.3 Å². The first-order valence-electron chi connectivity index (χ1n) is 9.54. The number of hydrogen-bond acceptors (Lipinski definition) is 1. The average Bonchev–Trinajstić information content (AvgIpc) is 2.44. The summed E-state index contributed by atoms with van der Waals surface area (Å²) >= 11 is 0. The molecular weight excluding hydrogens is 324 g/mol. The summed E-state index contributed by atoms with van der Waals surface area (Å²) in [7, 11) is 0. The number of rotatable bonds is 6. The summed E-state index contributed by atoms with van der Waals surface area (Å²) in [5.74, 6) is 3.94. The SMILES string of the molecule is [2H]C12[C-]3C4C1C1C4(C(=O)N(C(C)C)C(C)C)C3C12CCCC.[Zn]. The molecule has 7 unspecified atom stereocenters. The molecule has 0 aromatic heterocycles. The molecule has 0 radical (unpaired) electrons. The third kappa shape index (κ3) is 1.06. The Morgan fingerprint density at radius 3 is 2.41 bits per heavy atom. The zero-order chi connectivity index (χ0) is 15.8. The third-order valence-corrected chi connectivity index (χ3v) is 7.75. The van der Waals surface area contributed by atoms with Crippen molar-refractivity contribution in [3.8, 4) is 0 Å². The Morgan fingerprint density at radius 1 is 1.32 bits per heavy atom. The van der Waals surface area contributed by atoms with Crippen molar-refractivity contribution < 1.29 is 25.6 Å². The summed E-state index contributed by atoms with van der Waals surface area (Å²) in [5, 5.41) is 0. The molecular formula is C19H28NOZn-. The van der Waals surface area contributed by atoms with Crippen molar-refractivity contribution in [3.63, 3.8) is 0 Å². The molecule has 0 saturated heterocycles. The monoisotopic (exact) mass is 351 g/mol. The van der Waals surface area contributed by atoms with E-state index in [1.807, 2.05) is 0 Å². The molecule has 0 aromatic rings. The minimum absolute atomic E-state index is 0. The van der Waals surface area contributed by atoms with Crippen LogP contribution in [0.25, 0.3) is 0 Å². The second-order valence-electron chi connectivity index (χ2n) is 8.76. The van der Waals surface area contributed by atoms with Crippen molar-refractivity contribution in [2.24, 2.45) is 40.4 Å². The van der Waals surface area contributed by atoms with Crippen LogP contribution >= 0.6 is 0 Å². The fourth-order valence-corrected chi connectivity index (χ4v) is 7.61. The summed E-state index contributed by atoms with van der Waals surface area (Å²) < 4.78 is 8.86. The van der Waals surface area contributed by atoms with Gasteiger partial charge in [-0.2, -0.15) is 11.8 Å². The maximum atomic E-state index is 13.4. The number of amides is 1. The van der Waals surface area contributed by atoms with Crippen molar-refractivity contribution >= 4 is 5.91 Å². The molecule has 0 bridgehead atoms. The average molecular weight is 353 g/mol. The maximum Gasteiger partial charge on any atom is 0.224 e. The van der Waals surface area contributed by atoms with Gasteiger partial charge in [0.15, 0.2) is 0 Å². The third-order valence-electron chi connectivity index (χ3n) is 7.75. The number of carbonyl (C=O) groups is 1. The molecule has 0 N–H and O–H groups in total. The van der Waals surface area contributed by atoms with Gasteiger partial charge < -0.3 is 10.8 Å². The van der Waals surface area contributed by atoms with Gasteiger partial charge in [0.2, 0.25) is 5.91 Å². The molecule has 0 aromatic carbocycles. The topological polar surface area (TPSA) is 20.3 Å². The van der Waals surface area contributed by atoms with Crippen LogP contribution in [0.2, 0.25) is 0 Å². The first-order valence-corrected chi connectivity index (χ1v) is 9.04. The Kier molecular flexibility index (Phi) is 2.75. The minimum Gasteiger partial charge on any atom is -0.338 e. The zero-order valence-electron chi connectivity index (χ0n) is 15.6. The fraction of sp³-hybridized carbons (Fsp3) is 0.895. The summed E-state index contributed by atoms with van der Waals surface area (Å²) in [6, 6.07) is 0.573. The molecule has 6 aliphatic carbocycles. The number of carbonyl (C=O) groups excluding carboxylic acids is 1. The second kappa shape index (κ2) is 4.19. The number of hydrogen-bond donors (Lipinski definition) is 0. The molecule has 118 valence electrons. The molecule has 0 spiro atoms. The van der Waals surface area contributed by atoms with Gasteiger partial charge in [-0.15, -0.1) is 5.92 Å². The van der Waals surface area contributed by atoms with Gasteiger partial charge in [-0.1, -0.05) is 37.5 Å². The normalized spacial score (nSPS) is 55.0. The first-order chi connectivity index (χ1) is 10.3. The Morgan fingerprint density at radius 2 is 1.95 bits per heavy atom. The van der Waals surface area contributed by atoms with E-state index in [0.717, 1.165) is 0 Å². The molecule has 22 heavy (non-hydrogen) atoms. The van der Waals surface area contributed by atoms with Gasteiger partial charge >= 0.3 is 0 Å². The van der Waals surface area contributed by atoms with Gasteiger partial charge in [0.05, 0.1) is 0 Å². The quantitative estimate of drug-likeness (QED) is 0.529. The van der Waals surface area contributed by atoms with E-state index in [4.69, 9.17) is 1.37 Å². The summed E-state index contributed by atoms with van der Waals surface area (Å²) in [5.41, 5.74) is 0.220. The zero-order valence-corrected chi connectivity index (χ0v) is 17.6. The Balaban J connectivity index is 0.00000135. The van der Waals surface area contributed by atoms with E-state index in [9.17, 15) is 4.79 Å². The van der Waals surface area contributed by atoms with E-state index < -0.39 is 0 Å². The van der Waals surface area contributed by atoms with E-state index >= 15 is 0 Å². The van der Waals surface area contributed by atoms with Crippen molar-refractivity contribution in [1.82, 2.24) is 4.90 Å². The molecule has 6 fully saturated rings. The van der Waals surface area contributed by atoms with Crippen LogP contribution in [0.15, 0.2) is 0 Å². The minimum atomic E-state index is -0.162. The van der Waals surface area contributed by atoms with Gasteiger partial charge in [-0.25, -0.2) is 0 Å². The molecule has 0 heterocycles. The molecule has 3 heteroatoms. The summed E-state index contributed by atoms with van der Waals surface area (Å²) in [4.78, 5) is 15.5. The largest absolute Gasteiger partial charge is 0.338 e. The van der Waals surface area contributed by atoms with E-state index in [1.54, 1.807) is 0 Å². The van der Waals surface area contributed by atoms with Crippen LogP contribution in [0.3, 0.4) is 0 Å². The molecule has 6 rings (SSSR count). The van der Waals surface area contributed by atoms with Crippen molar-refractivity contribution in [2.75, 3.05) is 0 Å². The van der Waals surface area contributed by atoms with Gasteiger partial charge in [0.25, 0.3) is 0 Å².